The molecule has 2 aliphatic heterocycles. The molecule has 30 heavy (non-hydrogen) atoms. The molecule has 4 rings (SSSR count). The summed E-state index contributed by atoms with van der Waals surface area (Å²) in [6.45, 7) is 2.50. The van der Waals surface area contributed by atoms with E-state index in [2.05, 4.69) is 46.6 Å². The summed E-state index contributed by atoms with van der Waals surface area (Å²) in [5.74, 6) is 2.40. The van der Waals surface area contributed by atoms with Crippen LogP contribution in [0.5, 0.6) is 17.2 Å². The lowest BCUT2D eigenvalue weighted by Gasteiger charge is -2.31. The molecule has 0 bridgehead atoms. The summed E-state index contributed by atoms with van der Waals surface area (Å²) in [5.41, 5.74) is 4.18. The highest BCUT2D eigenvalue weighted by molar-refractivity contribution is 6.13. The summed E-state index contributed by atoms with van der Waals surface area (Å²) in [6, 6.07) is 14.6. The molecule has 0 saturated carbocycles. The number of benzene rings is 2. The zero-order chi connectivity index (χ0) is 20.9. The molecule has 2 aromatic carbocycles. The second kappa shape index (κ2) is 9.11. The Labute approximate surface area is 177 Å². The second-order valence-electron chi connectivity index (χ2n) is 7.50. The fourth-order valence-corrected chi connectivity index (χ4v) is 4.16. The van der Waals surface area contributed by atoms with Gasteiger partial charge in [0.15, 0.2) is 11.5 Å². The van der Waals surface area contributed by atoms with E-state index in [0.717, 1.165) is 42.8 Å². The van der Waals surface area contributed by atoms with Crippen molar-refractivity contribution in [3.05, 3.63) is 65.4 Å². The molecule has 0 amide bonds. The summed E-state index contributed by atoms with van der Waals surface area (Å²) >= 11 is 0. The van der Waals surface area contributed by atoms with Crippen molar-refractivity contribution in [2.24, 2.45) is 5.16 Å². The smallest absolute Gasteiger partial charge is 0.203 e. The van der Waals surface area contributed by atoms with E-state index < -0.39 is 0 Å². The van der Waals surface area contributed by atoms with E-state index in [1.807, 2.05) is 12.1 Å². The van der Waals surface area contributed by atoms with Gasteiger partial charge in [-0.15, -0.1) is 0 Å². The molecule has 6 heteroatoms. The van der Waals surface area contributed by atoms with Crippen LogP contribution in [-0.4, -0.2) is 51.6 Å². The van der Waals surface area contributed by atoms with Gasteiger partial charge in [0, 0.05) is 30.4 Å². The van der Waals surface area contributed by atoms with Gasteiger partial charge >= 0.3 is 0 Å². The maximum Gasteiger partial charge on any atom is 0.203 e. The average Bonchev–Trinajstić information content (AvgIpc) is 3.27. The van der Waals surface area contributed by atoms with Gasteiger partial charge in [0.1, 0.15) is 12.3 Å². The number of piperidine rings is 1. The van der Waals surface area contributed by atoms with Crippen LogP contribution in [0.25, 0.3) is 0 Å². The standard InChI is InChI=1S/C24H28N2O4/c1-27-21-13-19(14-22(28-2)24(21)29-3)23-20(16-30-25-23)15-26-11-9-18(10-12-26)17-7-5-4-6-8-17/h4-8,13-15,18H,9-12,16H2,1-3H3. The molecule has 2 aliphatic rings. The highest BCUT2D eigenvalue weighted by Gasteiger charge is 2.25. The lowest BCUT2D eigenvalue weighted by Crippen LogP contribution is -2.29. The molecule has 0 aromatic heterocycles. The van der Waals surface area contributed by atoms with Crippen molar-refractivity contribution in [2.75, 3.05) is 41.0 Å². The molecule has 2 heterocycles. The average molecular weight is 408 g/mol. The first-order valence-electron chi connectivity index (χ1n) is 10.2. The van der Waals surface area contributed by atoms with Crippen LogP contribution in [-0.2, 0) is 4.84 Å². The van der Waals surface area contributed by atoms with Gasteiger partial charge in [-0.3, -0.25) is 0 Å². The van der Waals surface area contributed by atoms with E-state index >= 15 is 0 Å². The van der Waals surface area contributed by atoms with Gasteiger partial charge in [0.05, 0.1) is 21.3 Å². The summed E-state index contributed by atoms with van der Waals surface area (Å²) in [6.07, 6.45) is 4.48. The number of nitrogens with zero attached hydrogens (tertiary/aromatic N) is 2. The Morgan fingerprint density at radius 2 is 1.63 bits per heavy atom. The molecule has 0 radical (unpaired) electrons. The molecule has 1 fully saturated rings. The Morgan fingerprint density at radius 3 is 2.23 bits per heavy atom. The Kier molecular flexibility index (Phi) is 6.12. The van der Waals surface area contributed by atoms with Crippen LogP contribution < -0.4 is 14.2 Å². The van der Waals surface area contributed by atoms with E-state index in [1.54, 1.807) is 21.3 Å². The van der Waals surface area contributed by atoms with Gasteiger partial charge in [0.25, 0.3) is 0 Å². The second-order valence-corrected chi connectivity index (χ2v) is 7.50. The number of ether oxygens (including phenoxy) is 3. The largest absolute Gasteiger partial charge is 0.493 e. The van der Waals surface area contributed by atoms with Gasteiger partial charge in [-0.2, -0.15) is 0 Å². The van der Waals surface area contributed by atoms with E-state index in [0.29, 0.717) is 29.8 Å². The summed E-state index contributed by atoms with van der Waals surface area (Å²) in [5, 5.41) is 4.29. The summed E-state index contributed by atoms with van der Waals surface area (Å²) in [4.78, 5) is 7.81. The molecule has 0 N–H and O–H groups in total. The van der Waals surface area contributed by atoms with Gasteiger partial charge in [-0.1, -0.05) is 35.5 Å². The molecule has 0 spiro atoms. The third kappa shape index (κ3) is 4.08. The van der Waals surface area contributed by atoms with Crippen LogP contribution in [0.4, 0.5) is 0 Å². The van der Waals surface area contributed by atoms with Crippen molar-refractivity contribution in [3.8, 4) is 17.2 Å². The maximum absolute atomic E-state index is 5.49. The van der Waals surface area contributed by atoms with Gasteiger partial charge in [0.2, 0.25) is 5.75 Å². The minimum absolute atomic E-state index is 0.463. The van der Waals surface area contributed by atoms with Crippen LogP contribution in [0.3, 0.4) is 0 Å². The molecular weight excluding hydrogens is 380 g/mol. The predicted molar refractivity (Wildman–Crippen MR) is 117 cm³/mol. The summed E-state index contributed by atoms with van der Waals surface area (Å²) < 4.78 is 16.4. The topological polar surface area (TPSA) is 52.5 Å². The Balaban J connectivity index is 1.51. The van der Waals surface area contributed by atoms with E-state index in [1.165, 1.54) is 5.56 Å². The fraction of sp³-hybridized carbons (Fsp3) is 0.375. The molecule has 0 atom stereocenters. The van der Waals surface area contributed by atoms with Crippen LogP contribution in [0.2, 0.25) is 0 Å². The molecular formula is C24H28N2O4. The maximum atomic E-state index is 5.49. The van der Waals surface area contributed by atoms with Gasteiger partial charge in [-0.05, 0) is 36.5 Å². The number of likely N-dealkylation sites (tertiary alicyclic amines) is 1. The fourth-order valence-electron chi connectivity index (χ4n) is 4.16. The Bertz CT molecular complexity index is 906. The molecule has 0 aliphatic carbocycles. The van der Waals surface area contributed by atoms with Crippen molar-refractivity contribution in [1.82, 2.24) is 4.90 Å². The molecule has 0 unspecified atom stereocenters. The third-order valence-electron chi connectivity index (χ3n) is 5.76. The number of methoxy groups -OCH3 is 3. The van der Waals surface area contributed by atoms with Crippen molar-refractivity contribution in [2.45, 2.75) is 18.8 Å². The van der Waals surface area contributed by atoms with Crippen molar-refractivity contribution in [3.63, 3.8) is 0 Å². The number of oxime groups is 1. The number of hydrogen-bond donors (Lipinski definition) is 0. The normalized spacial score (nSPS) is 18.2. The number of rotatable bonds is 6. The Hall–Kier alpha value is -3.15. The molecule has 1 saturated heterocycles. The van der Waals surface area contributed by atoms with E-state index in [4.69, 9.17) is 19.0 Å². The first kappa shape index (κ1) is 20.1. The number of hydrogen-bond acceptors (Lipinski definition) is 6. The summed E-state index contributed by atoms with van der Waals surface area (Å²) in [7, 11) is 4.82. The Morgan fingerprint density at radius 1 is 0.967 bits per heavy atom. The third-order valence-corrected chi connectivity index (χ3v) is 5.76. The predicted octanol–water partition coefficient (Wildman–Crippen LogP) is 4.21. The van der Waals surface area contributed by atoms with Crippen molar-refractivity contribution >= 4 is 5.71 Å². The minimum atomic E-state index is 0.463. The zero-order valence-electron chi connectivity index (χ0n) is 17.8. The van der Waals surface area contributed by atoms with Crippen LogP contribution in [0.1, 0.15) is 29.9 Å². The van der Waals surface area contributed by atoms with Gasteiger partial charge in [-0.25, -0.2) is 0 Å². The quantitative estimate of drug-likeness (QED) is 0.717. The lowest BCUT2D eigenvalue weighted by molar-refractivity contribution is 0.185. The first-order valence-corrected chi connectivity index (χ1v) is 10.2. The lowest BCUT2D eigenvalue weighted by atomic mass is 9.89. The van der Waals surface area contributed by atoms with E-state index in [9.17, 15) is 0 Å². The SMILES string of the molecule is COc1cc(C2=NOCC2=CN2CCC(c3ccccc3)CC2)cc(OC)c1OC. The zero-order valence-corrected chi connectivity index (χ0v) is 17.8. The van der Waals surface area contributed by atoms with Crippen molar-refractivity contribution < 1.29 is 19.0 Å². The van der Waals surface area contributed by atoms with Crippen molar-refractivity contribution in [1.29, 1.82) is 0 Å². The minimum Gasteiger partial charge on any atom is -0.493 e. The molecule has 158 valence electrons. The van der Waals surface area contributed by atoms with Crippen LogP contribution in [0, 0.1) is 0 Å². The van der Waals surface area contributed by atoms with Crippen LogP contribution >= 0.6 is 0 Å². The molecule has 6 nitrogen and oxygen atoms in total. The van der Waals surface area contributed by atoms with E-state index in [-0.39, 0.29) is 0 Å². The monoisotopic (exact) mass is 408 g/mol. The van der Waals surface area contributed by atoms with Crippen LogP contribution in [0.15, 0.2) is 59.4 Å². The highest BCUT2D eigenvalue weighted by atomic mass is 16.6. The van der Waals surface area contributed by atoms with Gasteiger partial charge < -0.3 is 23.9 Å². The molecule has 2 aromatic rings. The highest BCUT2D eigenvalue weighted by Crippen LogP contribution is 2.39. The first-order chi connectivity index (χ1) is 14.7.